The van der Waals surface area contributed by atoms with E-state index in [2.05, 4.69) is 10.6 Å². The molecule has 0 aromatic heterocycles. The Hall–Kier alpha value is -2.08. The van der Waals surface area contributed by atoms with Gasteiger partial charge in [-0.25, -0.2) is 4.79 Å². The Morgan fingerprint density at radius 3 is 2.70 bits per heavy atom. The van der Waals surface area contributed by atoms with Crippen molar-refractivity contribution >= 4 is 17.7 Å². The first-order valence-corrected chi connectivity index (χ1v) is 6.44. The summed E-state index contributed by atoms with van der Waals surface area (Å²) < 4.78 is 9.74. The number of hydrogen-bond acceptors (Lipinski definition) is 4. The third kappa shape index (κ3) is 5.71. The Morgan fingerprint density at radius 2 is 2.00 bits per heavy atom. The minimum absolute atomic E-state index is 0.153. The Balaban J connectivity index is 2.50. The maximum absolute atomic E-state index is 11.7. The summed E-state index contributed by atoms with van der Waals surface area (Å²) in [6.07, 6.45) is 0.699. The van der Waals surface area contributed by atoms with Crippen molar-refractivity contribution in [2.45, 2.75) is 13.3 Å². The maximum atomic E-state index is 11.7. The van der Waals surface area contributed by atoms with Gasteiger partial charge in [-0.3, -0.25) is 4.79 Å². The van der Waals surface area contributed by atoms with E-state index in [1.165, 1.54) is 0 Å². The molecule has 0 heterocycles. The van der Waals surface area contributed by atoms with Crippen LogP contribution in [0.15, 0.2) is 24.3 Å². The lowest BCUT2D eigenvalue weighted by molar-refractivity contribution is -0.141. The highest BCUT2D eigenvalue weighted by atomic mass is 16.5. The second kappa shape index (κ2) is 8.92. The second-order valence-corrected chi connectivity index (χ2v) is 4.01. The van der Waals surface area contributed by atoms with Crippen LogP contribution in [-0.4, -0.2) is 38.9 Å². The Bertz CT molecular complexity index is 449. The minimum Gasteiger partial charge on any atom is -0.465 e. The number of esters is 1. The zero-order valence-electron chi connectivity index (χ0n) is 11.8. The standard InChI is InChI=1S/C14H20N2O4/c1-3-20-13(17)10-15-14(18)16-12-7-5-4-6-11(12)8-9-19-2/h4-7H,3,8-10H2,1-2H3,(H2,15,16,18). The van der Waals surface area contributed by atoms with Gasteiger partial charge in [0.05, 0.1) is 13.2 Å². The fraction of sp³-hybridized carbons (Fsp3) is 0.429. The molecule has 0 saturated heterocycles. The Morgan fingerprint density at radius 1 is 1.25 bits per heavy atom. The summed E-state index contributed by atoms with van der Waals surface area (Å²) in [5, 5.41) is 5.15. The van der Waals surface area contributed by atoms with Gasteiger partial charge in [0.15, 0.2) is 0 Å². The molecule has 0 saturated carbocycles. The number of amides is 2. The summed E-state index contributed by atoms with van der Waals surface area (Å²) >= 11 is 0. The number of ether oxygens (including phenoxy) is 2. The largest absolute Gasteiger partial charge is 0.465 e. The first-order valence-electron chi connectivity index (χ1n) is 6.44. The fourth-order valence-electron chi connectivity index (χ4n) is 1.60. The molecule has 6 nitrogen and oxygen atoms in total. The van der Waals surface area contributed by atoms with E-state index in [0.717, 1.165) is 5.56 Å². The number of urea groups is 1. The Labute approximate surface area is 118 Å². The van der Waals surface area contributed by atoms with Crippen LogP contribution in [-0.2, 0) is 20.7 Å². The molecule has 0 spiro atoms. The number of hydrogen-bond donors (Lipinski definition) is 2. The third-order valence-electron chi connectivity index (χ3n) is 2.54. The molecule has 1 aromatic rings. The van der Waals surface area contributed by atoms with Crippen molar-refractivity contribution < 1.29 is 19.1 Å². The number of carbonyl (C=O) groups is 2. The summed E-state index contributed by atoms with van der Waals surface area (Å²) in [4.78, 5) is 22.8. The van der Waals surface area contributed by atoms with Crippen LogP contribution in [0, 0.1) is 0 Å². The second-order valence-electron chi connectivity index (χ2n) is 4.01. The summed E-state index contributed by atoms with van der Waals surface area (Å²) in [6.45, 7) is 2.43. The number of nitrogens with one attached hydrogen (secondary N) is 2. The van der Waals surface area contributed by atoms with Gasteiger partial charge in [-0.1, -0.05) is 18.2 Å². The maximum Gasteiger partial charge on any atom is 0.325 e. The van der Waals surface area contributed by atoms with E-state index in [1.807, 2.05) is 18.2 Å². The van der Waals surface area contributed by atoms with E-state index in [-0.39, 0.29) is 6.54 Å². The lowest BCUT2D eigenvalue weighted by atomic mass is 10.1. The van der Waals surface area contributed by atoms with Gasteiger partial charge in [-0.15, -0.1) is 0 Å². The van der Waals surface area contributed by atoms with Gasteiger partial charge in [0.25, 0.3) is 0 Å². The van der Waals surface area contributed by atoms with Crippen molar-refractivity contribution in [1.29, 1.82) is 0 Å². The van der Waals surface area contributed by atoms with Crippen LogP contribution in [0.5, 0.6) is 0 Å². The highest BCUT2D eigenvalue weighted by Crippen LogP contribution is 2.15. The van der Waals surface area contributed by atoms with Crippen LogP contribution < -0.4 is 10.6 Å². The molecule has 20 heavy (non-hydrogen) atoms. The lowest BCUT2D eigenvalue weighted by Gasteiger charge is -2.11. The monoisotopic (exact) mass is 280 g/mol. The number of methoxy groups -OCH3 is 1. The van der Waals surface area contributed by atoms with Gasteiger partial charge in [-0.05, 0) is 25.0 Å². The molecule has 0 fully saturated rings. The molecule has 0 unspecified atom stereocenters. The number of carbonyl (C=O) groups excluding carboxylic acids is 2. The van der Waals surface area contributed by atoms with Crippen LogP contribution in [0.3, 0.4) is 0 Å². The zero-order valence-corrected chi connectivity index (χ0v) is 11.8. The molecule has 0 aliphatic rings. The molecule has 0 aliphatic carbocycles. The summed E-state index contributed by atoms with van der Waals surface area (Å²) in [6, 6.07) is 7.00. The van der Waals surface area contributed by atoms with Gasteiger partial charge < -0.3 is 20.1 Å². The highest BCUT2D eigenvalue weighted by molar-refractivity contribution is 5.92. The number of anilines is 1. The normalized spacial score (nSPS) is 9.90. The van der Waals surface area contributed by atoms with Crippen molar-refractivity contribution in [3.05, 3.63) is 29.8 Å². The summed E-state index contributed by atoms with van der Waals surface area (Å²) in [5.74, 6) is -0.463. The summed E-state index contributed by atoms with van der Waals surface area (Å²) in [7, 11) is 1.63. The van der Waals surface area contributed by atoms with E-state index >= 15 is 0 Å². The van der Waals surface area contributed by atoms with Crippen LogP contribution in [0.4, 0.5) is 10.5 Å². The average Bonchev–Trinajstić information content (AvgIpc) is 2.44. The van der Waals surface area contributed by atoms with Gasteiger partial charge in [-0.2, -0.15) is 0 Å². The van der Waals surface area contributed by atoms with Gasteiger partial charge in [0.1, 0.15) is 6.54 Å². The predicted molar refractivity (Wildman–Crippen MR) is 75.7 cm³/mol. The molecule has 110 valence electrons. The third-order valence-corrected chi connectivity index (χ3v) is 2.54. The van der Waals surface area contributed by atoms with Crippen molar-refractivity contribution in [2.75, 3.05) is 32.2 Å². The van der Waals surface area contributed by atoms with E-state index in [0.29, 0.717) is 25.3 Å². The van der Waals surface area contributed by atoms with Crippen molar-refractivity contribution in [1.82, 2.24) is 5.32 Å². The van der Waals surface area contributed by atoms with Crippen LogP contribution in [0.25, 0.3) is 0 Å². The van der Waals surface area contributed by atoms with Crippen molar-refractivity contribution in [2.24, 2.45) is 0 Å². The van der Waals surface area contributed by atoms with Crippen molar-refractivity contribution in [3.8, 4) is 0 Å². The molecular formula is C14H20N2O4. The van der Waals surface area contributed by atoms with E-state index in [1.54, 1.807) is 20.1 Å². The first kappa shape index (κ1) is 16.0. The molecule has 2 N–H and O–H groups in total. The molecule has 0 aliphatic heterocycles. The van der Waals surface area contributed by atoms with Gasteiger partial charge >= 0.3 is 12.0 Å². The molecular weight excluding hydrogens is 260 g/mol. The molecule has 2 amide bonds. The predicted octanol–water partition coefficient (Wildman–Crippen LogP) is 1.56. The van der Waals surface area contributed by atoms with E-state index in [9.17, 15) is 9.59 Å². The summed E-state index contributed by atoms with van der Waals surface area (Å²) in [5.41, 5.74) is 1.67. The first-order chi connectivity index (χ1) is 9.67. The quantitative estimate of drug-likeness (QED) is 0.743. The molecule has 6 heteroatoms. The van der Waals surface area contributed by atoms with Gasteiger partial charge in [0.2, 0.25) is 0 Å². The zero-order chi connectivity index (χ0) is 14.8. The minimum atomic E-state index is -0.463. The molecule has 0 bridgehead atoms. The van der Waals surface area contributed by atoms with Gasteiger partial charge in [0, 0.05) is 12.8 Å². The number of rotatable bonds is 7. The van der Waals surface area contributed by atoms with Crippen LogP contribution in [0.1, 0.15) is 12.5 Å². The van der Waals surface area contributed by atoms with E-state index in [4.69, 9.17) is 9.47 Å². The number of para-hydroxylation sites is 1. The topological polar surface area (TPSA) is 76.7 Å². The van der Waals surface area contributed by atoms with Crippen molar-refractivity contribution in [3.63, 3.8) is 0 Å². The molecule has 0 atom stereocenters. The van der Waals surface area contributed by atoms with Crippen LogP contribution >= 0.6 is 0 Å². The van der Waals surface area contributed by atoms with Crippen LogP contribution in [0.2, 0.25) is 0 Å². The Kier molecular flexibility index (Phi) is 7.13. The highest BCUT2D eigenvalue weighted by Gasteiger charge is 2.08. The SMILES string of the molecule is CCOC(=O)CNC(=O)Nc1ccccc1CCOC. The lowest BCUT2D eigenvalue weighted by Crippen LogP contribution is -2.34. The number of benzene rings is 1. The molecule has 1 aromatic carbocycles. The molecule has 0 radical (unpaired) electrons. The fourth-order valence-corrected chi connectivity index (χ4v) is 1.60. The van der Waals surface area contributed by atoms with E-state index < -0.39 is 12.0 Å². The molecule has 1 rings (SSSR count). The average molecular weight is 280 g/mol. The smallest absolute Gasteiger partial charge is 0.325 e.